The molecule has 0 aromatic rings. The summed E-state index contributed by atoms with van der Waals surface area (Å²) in [6, 6.07) is 0. The predicted octanol–water partition coefficient (Wildman–Crippen LogP) is 0.178. The third kappa shape index (κ3) is 4.59. The van der Waals surface area contributed by atoms with E-state index in [4.69, 9.17) is 10.8 Å². The fourth-order valence-electron chi connectivity index (χ4n) is 1.01. The lowest BCUT2D eigenvalue weighted by Gasteiger charge is -2.10. The van der Waals surface area contributed by atoms with E-state index in [2.05, 4.69) is 0 Å². The Morgan fingerprint density at radius 1 is 1.14 bits per heavy atom. The maximum atomic E-state index is 11.3. The predicted molar refractivity (Wildman–Crippen MR) is 49.4 cm³/mol. The van der Waals surface area contributed by atoms with Gasteiger partial charge in [0.25, 0.3) is 0 Å². The summed E-state index contributed by atoms with van der Waals surface area (Å²) in [5.74, 6) is -3.00. The summed E-state index contributed by atoms with van der Waals surface area (Å²) in [4.78, 5) is 32.2. The highest BCUT2D eigenvalue weighted by Crippen LogP contribution is 2.11. The minimum atomic E-state index is -1.01. The molecule has 0 saturated heterocycles. The maximum Gasteiger partial charge on any atom is 0.306 e. The number of aliphatic carboxylic acids is 1. The van der Waals surface area contributed by atoms with Crippen molar-refractivity contribution >= 4 is 17.7 Å². The zero-order valence-electron chi connectivity index (χ0n) is 8.32. The number of carboxylic acids is 1. The Kier molecular flexibility index (Phi) is 4.83. The third-order valence-corrected chi connectivity index (χ3v) is 1.99. The molecule has 0 spiro atoms. The van der Waals surface area contributed by atoms with Gasteiger partial charge in [-0.2, -0.15) is 0 Å². The van der Waals surface area contributed by atoms with Crippen LogP contribution in [0.25, 0.3) is 0 Å². The summed E-state index contributed by atoms with van der Waals surface area (Å²) in [5.41, 5.74) is 4.91. The molecule has 3 N–H and O–H groups in total. The van der Waals surface area contributed by atoms with Gasteiger partial charge in [-0.25, -0.2) is 0 Å². The third-order valence-electron chi connectivity index (χ3n) is 1.99. The first kappa shape index (κ1) is 12.6. The SMILES string of the molecule is C[C@H](CC(=O)[C@@H](C)CC(N)=O)C(=O)O. The zero-order valence-corrected chi connectivity index (χ0v) is 8.32. The minimum absolute atomic E-state index is 0.0226. The van der Waals surface area contributed by atoms with Crippen molar-refractivity contribution < 1.29 is 19.5 Å². The first-order valence-corrected chi connectivity index (χ1v) is 4.38. The van der Waals surface area contributed by atoms with Crippen molar-refractivity contribution in [2.45, 2.75) is 26.7 Å². The Bertz CT molecular complexity index is 249. The van der Waals surface area contributed by atoms with Gasteiger partial charge in [-0.15, -0.1) is 0 Å². The maximum absolute atomic E-state index is 11.3. The van der Waals surface area contributed by atoms with Gasteiger partial charge in [-0.05, 0) is 0 Å². The Labute approximate surface area is 82.3 Å². The van der Waals surface area contributed by atoms with Crippen molar-refractivity contribution in [3.05, 3.63) is 0 Å². The number of primary amides is 1. The smallest absolute Gasteiger partial charge is 0.306 e. The molecule has 0 aromatic heterocycles. The quantitative estimate of drug-likeness (QED) is 0.640. The van der Waals surface area contributed by atoms with Crippen molar-refractivity contribution in [2.24, 2.45) is 17.6 Å². The zero-order chi connectivity index (χ0) is 11.3. The first-order valence-electron chi connectivity index (χ1n) is 4.38. The Balaban J connectivity index is 4.07. The second-order valence-electron chi connectivity index (χ2n) is 3.48. The van der Waals surface area contributed by atoms with Gasteiger partial charge in [-0.1, -0.05) is 13.8 Å². The normalized spacial score (nSPS) is 14.4. The number of hydrogen-bond acceptors (Lipinski definition) is 3. The fraction of sp³-hybridized carbons (Fsp3) is 0.667. The molecule has 5 heteroatoms. The van der Waals surface area contributed by atoms with Gasteiger partial charge in [0.2, 0.25) is 5.91 Å². The van der Waals surface area contributed by atoms with E-state index in [1.54, 1.807) is 6.92 Å². The molecule has 2 atom stereocenters. The minimum Gasteiger partial charge on any atom is -0.481 e. The molecule has 0 unspecified atom stereocenters. The van der Waals surface area contributed by atoms with Crippen molar-refractivity contribution in [1.82, 2.24) is 0 Å². The van der Waals surface area contributed by atoms with E-state index in [1.165, 1.54) is 6.92 Å². The Morgan fingerprint density at radius 2 is 1.64 bits per heavy atom. The average Bonchev–Trinajstić information content (AvgIpc) is 2.02. The molecule has 5 nitrogen and oxygen atoms in total. The summed E-state index contributed by atoms with van der Waals surface area (Å²) >= 11 is 0. The highest BCUT2D eigenvalue weighted by Gasteiger charge is 2.21. The molecule has 1 amide bonds. The molecule has 14 heavy (non-hydrogen) atoms. The van der Waals surface area contributed by atoms with Gasteiger partial charge < -0.3 is 10.8 Å². The van der Waals surface area contributed by atoms with Crippen molar-refractivity contribution in [2.75, 3.05) is 0 Å². The molecule has 80 valence electrons. The van der Waals surface area contributed by atoms with Gasteiger partial charge in [-0.3, -0.25) is 14.4 Å². The number of carboxylic acid groups (broad SMARTS) is 1. The Morgan fingerprint density at radius 3 is 2.00 bits per heavy atom. The second kappa shape index (κ2) is 5.36. The lowest BCUT2D eigenvalue weighted by Crippen LogP contribution is -2.23. The monoisotopic (exact) mass is 201 g/mol. The molecular weight excluding hydrogens is 186 g/mol. The van der Waals surface area contributed by atoms with Crippen LogP contribution in [0.1, 0.15) is 26.7 Å². The van der Waals surface area contributed by atoms with Gasteiger partial charge >= 0.3 is 5.97 Å². The van der Waals surface area contributed by atoms with Crippen LogP contribution in [0.2, 0.25) is 0 Å². The van der Waals surface area contributed by atoms with Crippen LogP contribution >= 0.6 is 0 Å². The molecule has 0 aromatic carbocycles. The lowest BCUT2D eigenvalue weighted by atomic mass is 9.94. The fourth-order valence-corrected chi connectivity index (χ4v) is 1.01. The van der Waals surface area contributed by atoms with Crippen LogP contribution < -0.4 is 5.73 Å². The summed E-state index contributed by atoms with van der Waals surface area (Å²) in [5, 5.41) is 8.55. The standard InChI is InChI=1S/C9H15NO4/c1-5(4-8(10)12)7(11)3-6(2)9(13)14/h5-6H,3-4H2,1-2H3,(H2,10,12)(H,13,14)/t5-,6+/m0/s1. The van der Waals surface area contributed by atoms with Crippen LogP contribution in [0.15, 0.2) is 0 Å². The number of rotatable bonds is 6. The summed E-state index contributed by atoms with van der Waals surface area (Å²) in [6.07, 6.45) is -0.0745. The van der Waals surface area contributed by atoms with E-state index >= 15 is 0 Å². The molecule has 0 bridgehead atoms. The van der Waals surface area contributed by atoms with Crippen LogP contribution in [0.5, 0.6) is 0 Å². The number of carbonyl (C=O) groups excluding carboxylic acids is 2. The molecule has 0 aliphatic carbocycles. The summed E-state index contributed by atoms with van der Waals surface area (Å²) < 4.78 is 0. The van der Waals surface area contributed by atoms with Gasteiger partial charge in [0.15, 0.2) is 0 Å². The number of carbonyl (C=O) groups is 3. The van der Waals surface area contributed by atoms with Crippen LogP contribution in [-0.2, 0) is 14.4 Å². The summed E-state index contributed by atoms with van der Waals surface area (Å²) in [7, 11) is 0. The molecule has 0 aliphatic rings. The molecule has 0 aliphatic heterocycles. The van der Waals surface area contributed by atoms with Gasteiger partial charge in [0.05, 0.1) is 5.92 Å². The summed E-state index contributed by atoms with van der Waals surface area (Å²) in [6.45, 7) is 3.03. The van der Waals surface area contributed by atoms with Gasteiger partial charge in [0.1, 0.15) is 5.78 Å². The molecule has 0 heterocycles. The number of ketones is 1. The number of Topliss-reactive ketones (excluding diaryl/α,β-unsaturated/α-hetero) is 1. The van der Waals surface area contributed by atoms with Gasteiger partial charge in [0, 0.05) is 18.8 Å². The second-order valence-corrected chi connectivity index (χ2v) is 3.48. The highest BCUT2D eigenvalue weighted by molar-refractivity contribution is 5.88. The number of amides is 1. The molecule has 0 saturated carbocycles. The molecular formula is C9H15NO4. The van der Waals surface area contributed by atoms with E-state index in [-0.39, 0.29) is 18.6 Å². The van der Waals surface area contributed by atoms with Crippen molar-refractivity contribution in [3.63, 3.8) is 0 Å². The number of nitrogens with two attached hydrogens (primary N) is 1. The van der Waals surface area contributed by atoms with E-state index < -0.39 is 23.7 Å². The van der Waals surface area contributed by atoms with E-state index in [1.807, 2.05) is 0 Å². The van der Waals surface area contributed by atoms with E-state index in [9.17, 15) is 14.4 Å². The van der Waals surface area contributed by atoms with Crippen LogP contribution in [0, 0.1) is 11.8 Å². The molecule has 0 radical (unpaired) electrons. The highest BCUT2D eigenvalue weighted by atomic mass is 16.4. The topological polar surface area (TPSA) is 97.5 Å². The van der Waals surface area contributed by atoms with E-state index in [0.29, 0.717) is 0 Å². The van der Waals surface area contributed by atoms with Crippen LogP contribution in [-0.4, -0.2) is 22.8 Å². The van der Waals surface area contributed by atoms with Crippen LogP contribution in [0.3, 0.4) is 0 Å². The number of hydrogen-bond donors (Lipinski definition) is 2. The molecule has 0 fully saturated rings. The average molecular weight is 201 g/mol. The first-order chi connectivity index (χ1) is 6.34. The molecule has 0 rings (SSSR count). The Hall–Kier alpha value is -1.39. The largest absolute Gasteiger partial charge is 0.481 e. The van der Waals surface area contributed by atoms with Crippen molar-refractivity contribution in [3.8, 4) is 0 Å². The van der Waals surface area contributed by atoms with E-state index in [0.717, 1.165) is 0 Å². The van der Waals surface area contributed by atoms with Crippen LogP contribution in [0.4, 0.5) is 0 Å². The van der Waals surface area contributed by atoms with Crippen molar-refractivity contribution in [1.29, 1.82) is 0 Å². The lowest BCUT2D eigenvalue weighted by molar-refractivity contribution is -0.143.